The molecule has 0 radical (unpaired) electrons. The Bertz CT molecular complexity index is 2560. The van der Waals surface area contributed by atoms with Gasteiger partial charge in [0.2, 0.25) is 0 Å². The zero-order chi connectivity index (χ0) is 33.8. The second-order valence-corrected chi connectivity index (χ2v) is 15.9. The minimum absolute atomic E-state index is 0.183. The van der Waals surface area contributed by atoms with Crippen LogP contribution in [-0.4, -0.2) is 0 Å². The first-order valence-corrected chi connectivity index (χ1v) is 18.4. The number of fused-ring (bicyclic) bond motifs is 9. The summed E-state index contributed by atoms with van der Waals surface area (Å²) in [6, 6.07) is 56.6. The molecule has 0 saturated carbocycles. The quantitative estimate of drug-likeness (QED) is 0.182. The lowest BCUT2D eigenvalue weighted by Crippen LogP contribution is -2.24. The number of benzene rings is 7. The minimum Gasteiger partial charge on any atom is -0.309 e. The van der Waals surface area contributed by atoms with E-state index in [2.05, 4.69) is 184 Å². The molecule has 50 heavy (non-hydrogen) atoms. The number of thiophene rings is 1. The second-order valence-electron chi connectivity index (χ2n) is 14.9. The van der Waals surface area contributed by atoms with Crippen molar-refractivity contribution < 1.29 is 0 Å². The zero-order valence-corrected chi connectivity index (χ0v) is 29.6. The number of anilines is 3. The van der Waals surface area contributed by atoms with E-state index >= 15 is 0 Å². The van der Waals surface area contributed by atoms with Crippen LogP contribution in [0.25, 0.3) is 53.6 Å². The van der Waals surface area contributed by atoms with Crippen LogP contribution in [0.3, 0.4) is 0 Å². The van der Waals surface area contributed by atoms with E-state index in [0.29, 0.717) is 0 Å². The molecule has 1 nitrogen and oxygen atoms in total. The monoisotopic (exact) mass is 659 g/mol. The molecule has 0 atom stereocenters. The molecule has 0 unspecified atom stereocenters. The van der Waals surface area contributed by atoms with Gasteiger partial charge in [0.1, 0.15) is 0 Å². The van der Waals surface area contributed by atoms with E-state index in [4.69, 9.17) is 0 Å². The lowest BCUT2D eigenvalue weighted by atomic mass is 9.79. The van der Waals surface area contributed by atoms with Gasteiger partial charge in [-0.05, 0) is 68.8 Å². The Morgan fingerprint density at radius 1 is 0.380 bits per heavy atom. The highest BCUT2D eigenvalue weighted by atomic mass is 32.1. The Morgan fingerprint density at radius 3 is 1.46 bits per heavy atom. The summed E-state index contributed by atoms with van der Waals surface area (Å²) < 4.78 is 2.66. The molecule has 0 amide bonds. The number of rotatable bonds is 4. The summed E-state index contributed by atoms with van der Waals surface area (Å²) >= 11 is 1.90. The predicted molar refractivity (Wildman–Crippen MR) is 215 cm³/mol. The van der Waals surface area contributed by atoms with Gasteiger partial charge in [0.05, 0.1) is 17.1 Å². The van der Waals surface area contributed by atoms with Crippen molar-refractivity contribution in [2.24, 2.45) is 0 Å². The molecule has 1 heterocycles. The summed E-state index contributed by atoms with van der Waals surface area (Å²) in [5.41, 5.74) is 16.7. The molecule has 1 aromatic heterocycles. The fourth-order valence-electron chi connectivity index (χ4n) is 9.26. The molecule has 2 aliphatic rings. The Hall–Kier alpha value is -5.44. The standard InChI is InChI=1S/C48H37NS/c1-47(2)38-24-9-5-16-30(38)34-20-14-27-41(44(34)47)49(42-28-15-21-35-31-17-6-10-25-39(31)48(3,4)45(35)42)40-26-11-7-18-32(40)36-22-13-23-37-33-19-8-12-29-43(33)50-46(36)37/h5-29H,1-4H3. The second kappa shape index (κ2) is 10.5. The lowest BCUT2D eigenvalue weighted by molar-refractivity contribution is 0.656. The van der Waals surface area contributed by atoms with Crippen molar-refractivity contribution in [2.75, 3.05) is 4.90 Å². The van der Waals surface area contributed by atoms with Crippen LogP contribution in [0.4, 0.5) is 17.1 Å². The molecular formula is C48H37NS. The maximum absolute atomic E-state index is 2.61. The summed E-state index contributed by atoms with van der Waals surface area (Å²) in [6.07, 6.45) is 0. The molecule has 0 aliphatic heterocycles. The average molecular weight is 660 g/mol. The number of hydrogen-bond acceptors (Lipinski definition) is 2. The highest BCUT2D eigenvalue weighted by Gasteiger charge is 2.42. The number of hydrogen-bond donors (Lipinski definition) is 0. The van der Waals surface area contributed by atoms with E-state index in [-0.39, 0.29) is 10.8 Å². The van der Waals surface area contributed by atoms with Crippen molar-refractivity contribution in [1.82, 2.24) is 0 Å². The van der Waals surface area contributed by atoms with Gasteiger partial charge in [-0.1, -0.05) is 155 Å². The van der Waals surface area contributed by atoms with Gasteiger partial charge < -0.3 is 4.90 Å². The van der Waals surface area contributed by atoms with E-state index in [1.807, 2.05) is 11.3 Å². The maximum atomic E-state index is 2.61. The Labute approximate surface area is 298 Å². The van der Waals surface area contributed by atoms with Gasteiger partial charge in [0.15, 0.2) is 0 Å². The van der Waals surface area contributed by atoms with Crippen LogP contribution in [0.2, 0.25) is 0 Å². The van der Waals surface area contributed by atoms with Crippen LogP contribution < -0.4 is 4.90 Å². The summed E-state index contributed by atoms with van der Waals surface area (Å²) in [5, 5.41) is 2.64. The molecule has 0 spiro atoms. The van der Waals surface area contributed by atoms with Crippen molar-refractivity contribution in [3.05, 3.63) is 174 Å². The van der Waals surface area contributed by atoms with Gasteiger partial charge in [-0.15, -0.1) is 11.3 Å². The minimum atomic E-state index is -0.183. The molecule has 0 saturated heterocycles. The molecule has 240 valence electrons. The topological polar surface area (TPSA) is 3.24 Å². The lowest BCUT2D eigenvalue weighted by Gasteiger charge is -2.36. The third-order valence-corrected chi connectivity index (χ3v) is 12.7. The third-order valence-electron chi connectivity index (χ3n) is 11.4. The highest BCUT2D eigenvalue weighted by Crippen LogP contribution is 2.59. The van der Waals surface area contributed by atoms with Gasteiger partial charge in [-0.25, -0.2) is 0 Å². The smallest absolute Gasteiger partial charge is 0.0540 e. The zero-order valence-electron chi connectivity index (χ0n) is 28.8. The maximum Gasteiger partial charge on any atom is 0.0540 e. The molecule has 0 N–H and O–H groups in total. The Kier molecular flexibility index (Phi) is 6.21. The number of nitrogens with zero attached hydrogens (tertiary/aromatic N) is 1. The van der Waals surface area contributed by atoms with Crippen LogP contribution in [0.15, 0.2) is 152 Å². The molecule has 0 fully saturated rings. The van der Waals surface area contributed by atoms with Gasteiger partial charge in [0.25, 0.3) is 0 Å². The van der Waals surface area contributed by atoms with E-state index < -0.39 is 0 Å². The molecule has 7 aromatic carbocycles. The molecule has 8 aromatic rings. The first-order chi connectivity index (χ1) is 24.4. The summed E-state index contributed by atoms with van der Waals surface area (Å²) in [4.78, 5) is 2.61. The molecular weight excluding hydrogens is 623 g/mol. The van der Waals surface area contributed by atoms with Crippen LogP contribution in [0.5, 0.6) is 0 Å². The van der Waals surface area contributed by atoms with Gasteiger partial charge in [0, 0.05) is 42.1 Å². The fourth-order valence-corrected chi connectivity index (χ4v) is 10.5. The predicted octanol–water partition coefficient (Wildman–Crippen LogP) is 13.8. The SMILES string of the molecule is CC1(C)c2ccccc2-c2cccc(N(c3ccccc3-c3cccc4c3sc3ccccc34)c3cccc4c3C(C)(C)c3ccccc3-4)c21. The van der Waals surface area contributed by atoms with Crippen molar-refractivity contribution in [1.29, 1.82) is 0 Å². The highest BCUT2D eigenvalue weighted by molar-refractivity contribution is 7.26. The Balaban J connectivity index is 1.31. The van der Waals surface area contributed by atoms with Crippen LogP contribution in [0.1, 0.15) is 49.9 Å². The van der Waals surface area contributed by atoms with Crippen molar-refractivity contribution >= 4 is 48.6 Å². The van der Waals surface area contributed by atoms with E-state index in [1.165, 1.54) is 92.9 Å². The largest absolute Gasteiger partial charge is 0.309 e. The summed E-state index contributed by atoms with van der Waals surface area (Å²) in [5.74, 6) is 0. The molecule has 2 heteroatoms. The van der Waals surface area contributed by atoms with Crippen LogP contribution in [0, 0.1) is 0 Å². The first-order valence-electron chi connectivity index (χ1n) is 17.6. The van der Waals surface area contributed by atoms with Gasteiger partial charge in [-0.3, -0.25) is 0 Å². The normalized spacial score (nSPS) is 14.7. The van der Waals surface area contributed by atoms with E-state index in [9.17, 15) is 0 Å². The summed E-state index contributed by atoms with van der Waals surface area (Å²) in [6.45, 7) is 9.60. The fraction of sp³-hybridized carbons (Fsp3) is 0.125. The van der Waals surface area contributed by atoms with Crippen LogP contribution in [-0.2, 0) is 10.8 Å². The van der Waals surface area contributed by atoms with Crippen molar-refractivity contribution in [3.8, 4) is 33.4 Å². The van der Waals surface area contributed by atoms with Gasteiger partial charge in [-0.2, -0.15) is 0 Å². The molecule has 2 aliphatic carbocycles. The first kappa shape index (κ1) is 29.5. The number of para-hydroxylation sites is 1. The molecule has 0 bridgehead atoms. The molecule has 10 rings (SSSR count). The van der Waals surface area contributed by atoms with Gasteiger partial charge >= 0.3 is 0 Å². The average Bonchev–Trinajstić information content (AvgIpc) is 3.73. The van der Waals surface area contributed by atoms with Crippen LogP contribution >= 0.6 is 11.3 Å². The van der Waals surface area contributed by atoms with E-state index in [1.54, 1.807) is 0 Å². The Morgan fingerprint density at radius 2 is 0.820 bits per heavy atom. The summed E-state index contributed by atoms with van der Waals surface area (Å²) in [7, 11) is 0. The van der Waals surface area contributed by atoms with E-state index in [0.717, 1.165) is 0 Å². The third kappa shape index (κ3) is 3.94. The van der Waals surface area contributed by atoms with Crippen molar-refractivity contribution in [2.45, 2.75) is 38.5 Å². The van der Waals surface area contributed by atoms with Crippen molar-refractivity contribution in [3.63, 3.8) is 0 Å².